The second-order valence-corrected chi connectivity index (χ2v) is 8.59. The van der Waals surface area contributed by atoms with Gasteiger partial charge in [-0.15, -0.1) is 26.6 Å². The molecule has 1 aliphatic rings. The number of nitrogens with zero attached hydrogens (tertiary/aromatic N) is 5. The van der Waals surface area contributed by atoms with E-state index in [0.29, 0.717) is 45.5 Å². The van der Waals surface area contributed by atoms with Crippen molar-refractivity contribution in [2.75, 3.05) is 24.6 Å². The fourth-order valence-corrected chi connectivity index (χ4v) is 4.23. The van der Waals surface area contributed by atoms with Gasteiger partial charge < -0.3 is 9.64 Å². The Morgan fingerprint density at radius 3 is 2.55 bits per heavy atom. The summed E-state index contributed by atoms with van der Waals surface area (Å²) in [6.45, 7) is 0.439. The van der Waals surface area contributed by atoms with Crippen molar-refractivity contribution in [3.8, 4) is 0 Å². The largest absolute Gasteiger partial charge is 0.457 e. The van der Waals surface area contributed by atoms with Crippen molar-refractivity contribution in [2.24, 2.45) is 5.92 Å². The fraction of sp³-hybridized carbons (Fsp3) is 0.389. The van der Waals surface area contributed by atoms with E-state index in [0.717, 1.165) is 11.3 Å². The zero-order valence-electron chi connectivity index (χ0n) is 15.8. The number of thiophene rings is 1. The number of hydrogen-bond donors (Lipinski definition) is 0. The molecule has 1 fully saturated rings. The van der Waals surface area contributed by atoms with E-state index >= 15 is 0 Å². The van der Waals surface area contributed by atoms with E-state index < -0.39 is 23.9 Å². The quantitative estimate of drug-likeness (QED) is 0.414. The minimum Gasteiger partial charge on any atom is -0.457 e. The Bertz CT molecular complexity index is 1120. The Morgan fingerprint density at radius 2 is 1.90 bits per heavy atom. The monoisotopic (exact) mass is 473 g/mol. The molecule has 1 saturated heterocycles. The number of aromatic nitrogens is 4. The lowest BCUT2D eigenvalue weighted by atomic mass is 9.97. The highest BCUT2D eigenvalue weighted by Gasteiger charge is 2.38. The van der Waals surface area contributed by atoms with Gasteiger partial charge in [-0.05, 0) is 37.1 Å². The lowest BCUT2D eigenvalue weighted by Crippen LogP contribution is -2.38. The topological polar surface area (TPSA) is 89.7 Å². The highest BCUT2D eigenvalue weighted by Crippen LogP contribution is 2.29. The van der Waals surface area contributed by atoms with E-state index in [4.69, 9.17) is 16.3 Å². The maximum atomic E-state index is 13.0. The molecule has 0 atom stereocenters. The number of esters is 1. The Morgan fingerprint density at radius 1 is 1.16 bits per heavy atom. The smallest absolute Gasteiger partial charge is 0.453 e. The second-order valence-electron chi connectivity index (χ2n) is 6.88. The Kier molecular flexibility index (Phi) is 5.84. The van der Waals surface area contributed by atoms with Gasteiger partial charge in [-0.25, -0.2) is 0 Å². The van der Waals surface area contributed by atoms with E-state index in [1.165, 1.54) is 6.07 Å². The fourth-order valence-electron chi connectivity index (χ4n) is 3.26. The first-order chi connectivity index (χ1) is 14.7. The molecule has 0 unspecified atom stereocenters. The van der Waals surface area contributed by atoms with Gasteiger partial charge >= 0.3 is 12.1 Å². The van der Waals surface area contributed by atoms with Crippen molar-refractivity contribution in [1.82, 2.24) is 19.8 Å². The van der Waals surface area contributed by atoms with Gasteiger partial charge in [-0.2, -0.15) is 17.7 Å². The van der Waals surface area contributed by atoms with E-state index in [9.17, 15) is 22.8 Å². The maximum Gasteiger partial charge on any atom is 0.453 e. The van der Waals surface area contributed by atoms with Gasteiger partial charge in [-0.3, -0.25) is 9.59 Å². The third-order valence-electron chi connectivity index (χ3n) is 4.85. The molecule has 0 saturated carbocycles. The van der Waals surface area contributed by atoms with Crippen LogP contribution < -0.4 is 4.90 Å². The number of Topliss-reactive ketones (excluding diaryl/α,β-unsaturated/α-hetero) is 1. The molecule has 164 valence electrons. The molecule has 4 rings (SSSR count). The van der Waals surface area contributed by atoms with Crippen molar-refractivity contribution in [3.63, 3.8) is 0 Å². The number of rotatable bonds is 5. The minimum atomic E-state index is -4.67. The molecule has 3 aromatic rings. The average Bonchev–Trinajstić information content (AvgIpc) is 3.37. The predicted octanol–water partition coefficient (Wildman–Crippen LogP) is 3.50. The van der Waals surface area contributed by atoms with Crippen LogP contribution in [0.3, 0.4) is 0 Å². The number of hydrogen-bond acceptors (Lipinski definition) is 8. The van der Waals surface area contributed by atoms with Crippen LogP contribution in [0.2, 0.25) is 4.34 Å². The number of halogens is 4. The van der Waals surface area contributed by atoms with Crippen LogP contribution in [0.15, 0.2) is 24.3 Å². The molecule has 0 aromatic carbocycles. The van der Waals surface area contributed by atoms with Crippen LogP contribution in [0.4, 0.5) is 19.0 Å². The molecule has 4 heterocycles. The van der Waals surface area contributed by atoms with Crippen LogP contribution in [-0.2, 0) is 15.7 Å². The Labute approximate surface area is 182 Å². The number of ether oxygens (including phenoxy) is 1. The van der Waals surface area contributed by atoms with Crippen molar-refractivity contribution in [3.05, 3.63) is 39.3 Å². The molecule has 0 N–H and O–H groups in total. The number of alkyl halides is 3. The minimum absolute atomic E-state index is 0.00812. The summed E-state index contributed by atoms with van der Waals surface area (Å²) in [5, 5.41) is 10.7. The van der Waals surface area contributed by atoms with Crippen LogP contribution in [0.25, 0.3) is 5.65 Å². The van der Waals surface area contributed by atoms with E-state index in [1.807, 2.05) is 0 Å². The molecule has 0 amide bonds. The zero-order valence-corrected chi connectivity index (χ0v) is 17.4. The molecular weight excluding hydrogens is 459 g/mol. The van der Waals surface area contributed by atoms with Crippen LogP contribution in [0, 0.1) is 5.92 Å². The Balaban J connectivity index is 1.35. The van der Waals surface area contributed by atoms with Crippen molar-refractivity contribution in [2.45, 2.75) is 19.0 Å². The number of ketones is 1. The standard InChI is InChI=1S/C18H15ClF3N5O3S/c19-13-2-1-12(31-13)11(28)9-30-16(29)10-5-7-26(8-6-10)15-4-3-14-23-24-17(18(20,21)22)27(14)25-15/h1-4,10H,5-9H2. The molecule has 0 bridgehead atoms. The molecule has 1 aliphatic heterocycles. The third-order valence-corrected chi connectivity index (χ3v) is 6.12. The van der Waals surface area contributed by atoms with Crippen molar-refractivity contribution < 1.29 is 27.5 Å². The lowest BCUT2D eigenvalue weighted by Gasteiger charge is -2.31. The molecule has 0 aliphatic carbocycles. The average molecular weight is 474 g/mol. The summed E-state index contributed by atoms with van der Waals surface area (Å²) in [6, 6.07) is 6.15. The molecule has 8 nitrogen and oxygen atoms in total. The number of piperidine rings is 1. The summed E-state index contributed by atoms with van der Waals surface area (Å²) in [6.07, 6.45) is -3.83. The SMILES string of the molecule is O=C(COC(=O)C1CCN(c2ccc3nnc(C(F)(F)F)n3n2)CC1)c1ccc(Cl)s1. The van der Waals surface area contributed by atoms with Gasteiger partial charge in [0, 0.05) is 13.1 Å². The van der Waals surface area contributed by atoms with Crippen LogP contribution >= 0.6 is 22.9 Å². The van der Waals surface area contributed by atoms with E-state index in [-0.39, 0.29) is 18.0 Å². The molecular formula is C18H15ClF3N5O3S. The maximum absolute atomic E-state index is 13.0. The first kappa shape index (κ1) is 21.5. The van der Waals surface area contributed by atoms with Crippen molar-refractivity contribution >= 4 is 46.2 Å². The van der Waals surface area contributed by atoms with Gasteiger partial charge in [0.05, 0.1) is 15.1 Å². The number of anilines is 1. The summed E-state index contributed by atoms with van der Waals surface area (Å²) in [5.41, 5.74) is -0.00812. The molecule has 13 heteroatoms. The van der Waals surface area contributed by atoms with Gasteiger partial charge in [-0.1, -0.05) is 11.6 Å². The van der Waals surface area contributed by atoms with Crippen molar-refractivity contribution in [1.29, 1.82) is 0 Å². The second kappa shape index (κ2) is 8.42. The van der Waals surface area contributed by atoms with Crippen LogP contribution in [-0.4, -0.2) is 51.3 Å². The van der Waals surface area contributed by atoms with Gasteiger partial charge in [0.2, 0.25) is 5.78 Å². The lowest BCUT2D eigenvalue weighted by molar-refractivity contribution is -0.148. The van der Waals surface area contributed by atoms with Gasteiger partial charge in [0.15, 0.2) is 12.3 Å². The Hall–Kier alpha value is -2.73. The summed E-state index contributed by atoms with van der Waals surface area (Å²) in [5.74, 6) is -2.07. The summed E-state index contributed by atoms with van der Waals surface area (Å²) in [7, 11) is 0. The highest BCUT2D eigenvalue weighted by atomic mass is 35.5. The van der Waals surface area contributed by atoms with Gasteiger partial charge in [0.1, 0.15) is 5.82 Å². The van der Waals surface area contributed by atoms with E-state index in [1.54, 1.807) is 23.1 Å². The molecule has 0 spiro atoms. The summed E-state index contributed by atoms with van der Waals surface area (Å²) in [4.78, 5) is 26.5. The first-order valence-corrected chi connectivity index (χ1v) is 10.4. The molecule has 0 radical (unpaired) electrons. The molecule has 3 aromatic heterocycles. The van der Waals surface area contributed by atoms with Crippen LogP contribution in [0.5, 0.6) is 0 Å². The van der Waals surface area contributed by atoms with Crippen LogP contribution in [0.1, 0.15) is 28.3 Å². The highest BCUT2D eigenvalue weighted by molar-refractivity contribution is 7.18. The van der Waals surface area contributed by atoms with E-state index in [2.05, 4.69) is 15.3 Å². The number of carbonyl (C=O) groups excluding carboxylic acids is 2. The number of fused-ring (bicyclic) bond motifs is 1. The zero-order chi connectivity index (χ0) is 22.2. The normalized spacial score (nSPS) is 15.4. The first-order valence-electron chi connectivity index (χ1n) is 9.22. The number of carbonyl (C=O) groups is 2. The molecule has 31 heavy (non-hydrogen) atoms. The third kappa shape index (κ3) is 4.64. The predicted molar refractivity (Wildman–Crippen MR) is 105 cm³/mol. The van der Waals surface area contributed by atoms with Gasteiger partial charge in [0.25, 0.3) is 5.82 Å². The summed E-state index contributed by atoms with van der Waals surface area (Å²) < 4.78 is 45.4. The summed E-state index contributed by atoms with van der Waals surface area (Å²) >= 11 is 6.91.